The molecule has 1 nitrogen and oxygen atoms in total. The van der Waals surface area contributed by atoms with Gasteiger partial charge in [0.25, 0.3) is 5.92 Å². The Labute approximate surface area is 57.7 Å². The number of alkyl halides is 5. The molecule has 0 N–H and O–H groups in total. The van der Waals surface area contributed by atoms with Gasteiger partial charge in [-0.3, -0.25) is 0 Å². The van der Waals surface area contributed by atoms with Crippen molar-refractivity contribution in [2.75, 3.05) is 0 Å². The molecule has 0 aromatic carbocycles. The molecule has 0 aliphatic carbocycles. The molecule has 0 saturated carbocycles. The van der Waals surface area contributed by atoms with Crippen molar-refractivity contribution in [3.63, 3.8) is 0 Å². The van der Waals surface area contributed by atoms with E-state index >= 15 is 0 Å². The van der Waals surface area contributed by atoms with Crippen LogP contribution in [0.15, 0.2) is 5.21 Å². The maximum atomic E-state index is 11.8. The largest absolute Gasteiger partial charge is 0.437 e. The normalized spacial score (nSPS) is 15.4. The molecule has 0 aliphatic rings. The summed E-state index contributed by atoms with van der Waals surface area (Å²) in [5.41, 5.74) is -2.72. The number of hydrogen-bond donors (Lipinski definition) is 0. The van der Waals surface area contributed by atoms with Gasteiger partial charge in [0.2, 0.25) is 5.71 Å². The molecule has 0 amide bonds. The Morgan fingerprint density at radius 1 is 1.09 bits per heavy atom. The Balaban J connectivity index is 4.74. The summed E-state index contributed by atoms with van der Waals surface area (Å²) in [5, 5.41) is 0.972. The van der Waals surface area contributed by atoms with Gasteiger partial charge in [-0.25, -0.2) is 0 Å². The summed E-state index contributed by atoms with van der Waals surface area (Å²) in [7, 11) is 0. The molecule has 0 bridgehead atoms. The van der Waals surface area contributed by atoms with Crippen LogP contribution in [-0.4, -0.2) is 17.8 Å². The van der Waals surface area contributed by atoms with Crippen molar-refractivity contribution in [1.82, 2.24) is 0 Å². The minimum Gasteiger partial charge on any atom is -0.200 e. The zero-order valence-electron chi connectivity index (χ0n) is 5.22. The second-order valence-corrected chi connectivity index (χ2v) is 1.82. The van der Waals surface area contributed by atoms with E-state index in [1.807, 2.05) is 0 Å². The van der Waals surface area contributed by atoms with Crippen LogP contribution in [0.1, 0.15) is 6.92 Å². The predicted octanol–water partition coefficient (Wildman–Crippen LogP) is 2.53. The Morgan fingerprint density at radius 2 is 1.45 bits per heavy atom. The Kier molecular flexibility index (Phi) is 2.52. The SMILES string of the molecule is CC(F)(F)C(=NF)C(F)(F)F. The van der Waals surface area contributed by atoms with E-state index in [0.29, 0.717) is 0 Å². The first-order chi connectivity index (χ1) is 4.69. The second-order valence-electron chi connectivity index (χ2n) is 1.82. The minimum atomic E-state index is -5.42. The van der Waals surface area contributed by atoms with Gasteiger partial charge in [-0.2, -0.15) is 22.0 Å². The van der Waals surface area contributed by atoms with Crippen molar-refractivity contribution in [3.05, 3.63) is 0 Å². The predicted molar refractivity (Wildman–Crippen MR) is 25.2 cm³/mol. The van der Waals surface area contributed by atoms with Gasteiger partial charge in [0.05, 0.1) is 0 Å². The molecule has 0 spiro atoms. The van der Waals surface area contributed by atoms with Gasteiger partial charge in [0, 0.05) is 6.92 Å². The van der Waals surface area contributed by atoms with Gasteiger partial charge in [0.15, 0.2) is 0 Å². The van der Waals surface area contributed by atoms with E-state index in [1.165, 1.54) is 0 Å². The maximum absolute atomic E-state index is 11.8. The quantitative estimate of drug-likeness (QED) is 0.433. The Hall–Kier alpha value is -0.750. The number of hydrogen-bond acceptors (Lipinski definition) is 1. The lowest BCUT2D eigenvalue weighted by Gasteiger charge is -2.13. The zero-order chi connectivity index (χ0) is 9.28. The number of halogens is 6. The first-order valence-corrected chi connectivity index (χ1v) is 2.34. The summed E-state index contributed by atoms with van der Waals surface area (Å²) in [4.78, 5) is 0. The van der Waals surface area contributed by atoms with E-state index in [1.54, 1.807) is 0 Å². The lowest BCUT2D eigenvalue weighted by atomic mass is 10.2. The van der Waals surface area contributed by atoms with E-state index in [9.17, 15) is 26.4 Å². The fourth-order valence-corrected chi connectivity index (χ4v) is 0.371. The first-order valence-electron chi connectivity index (χ1n) is 2.34. The zero-order valence-corrected chi connectivity index (χ0v) is 5.22. The Bertz CT molecular complexity index is 146. The van der Waals surface area contributed by atoms with Gasteiger partial charge >= 0.3 is 6.18 Å². The molecule has 11 heavy (non-hydrogen) atoms. The molecule has 0 fully saturated rings. The maximum Gasteiger partial charge on any atom is 0.437 e. The summed E-state index contributed by atoms with van der Waals surface area (Å²) in [6.07, 6.45) is -5.42. The highest BCUT2D eigenvalue weighted by molar-refractivity contribution is 5.94. The van der Waals surface area contributed by atoms with Crippen LogP contribution in [0.4, 0.5) is 26.4 Å². The van der Waals surface area contributed by atoms with Gasteiger partial charge in [-0.15, -0.1) is 0 Å². The van der Waals surface area contributed by atoms with Crippen molar-refractivity contribution in [1.29, 1.82) is 0 Å². The summed E-state index contributed by atoms with van der Waals surface area (Å²) < 4.78 is 68.7. The lowest BCUT2D eigenvalue weighted by Crippen LogP contribution is -2.37. The van der Waals surface area contributed by atoms with Crippen LogP contribution in [0.25, 0.3) is 0 Å². The van der Waals surface area contributed by atoms with Crippen molar-refractivity contribution in [2.24, 2.45) is 5.21 Å². The van der Waals surface area contributed by atoms with Gasteiger partial charge < -0.3 is 0 Å². The highest BCUT2D eigenvalue weighted by Gasteiger charge is 2.49. The molecular weight excluding hydrogens is 176 g/mol. The fraction of sp³-hybridized carbons (Fsp3) is 0.750. The average molecular weight is 179 g/mol. The highest BCUT2D eigenvalue weighted by atomic mass is 19.4. The molecule has 0 heterocycles. The van der Waals surface area contributed by atoms with Gasteiger partial charge in [0.1, 0.15) is 0 Å². The van der Waals surface area contributed by atoms with Gasteiger partial charge in [-0.05, 0) is 0 Å². The topological polar surface area (TPSA) is 12.4 Å². The minimum absolute atomic E-state index is 0.0844. The van der Waals surface area contributed by atoms with Crippen molar-refractivity contribution in [3.8, 4) is 0 Å². The van der Waals surface area contributed by atoms with Crippen LogP contribution in [0.2, 0.25) is 0 Å². The third kappa shape index (κ3) is 2.77. The molecular formula is C4H3F6N. The number of rotatable bonds is 1. The molecule has 0 radical (unpaired) electrons. The van der Waals surface area contributed by atoms with Crippen molar-refractivity contribution < 1.29 is 26.4 Å². The molecule has 0 unspecified atom stereocenters. The summed E-state index contributed by atoms with van der Waals surface area (Å²) in [6.45, 7) is -0.0844. The van der Waals surface area contributed by atoms with Crippen LogP contribution in [0, 0.1) is 0 Å². The summed E-state index contributed by atoms with van der Waals surface area (Å²) in [6, 6.07) is 0. The third-order valence-corrected chi connectivity index (χ3v) is 0.769. The van der Waals surface area contributed by atoms with E-state index in [2.05, 4.69) is 0 Å². The van der Waals surface area contributed by atoms with E-state index in [-0.39, 0.29) is 6.92 Å². The van der Waals surface area contributed by atoms with Crippen LogP contribution in [0.3, 0.4) is 0 Å². The highest BCUT2D eigenvalue weighted by Crippen LogP contribution is 2.28. The first kappa shape index (κ1) is 10.2. The third-order valence-electron chi connectivity index (χ3n) is 0.769. The monoisotopic (exact) mass is 179 g/mol. The molecule has 0 rings (SSSR count). The van der Waals surface area contributed by atoms with E-state index in [4.69, 9.17) is 0 Å². The standard InChI is InChI=1S/C4H3F6N/c1-3(5,6)2(11-10)4(7,8)9/h1H3. The van der Waals surface area contributed by atoms with E-state index < -0.39 is 17.8 Å². The smallest absolute Gasteiger partial charge is 0.200 e. The number of nitrogens with zero attached hydrogens (tertiary/aromatic N) is 1. The molecule has 7 heteroatoms. The summed E-state index contributed by atoms with van der Waals surface area (Å²) in [5.74, 6) is -4.30. The van der Waals surface area contributed by atoms with Crippen LogP contribution >= 0.6 is 0 Å². The molecule has 0 aromatic heterocycles. The van der Waals surface area contributed by atoms with Crippen molar-refractivity contribution >= 4 is 5.71 Å². The Morgan fingerprint density at radius 3 is 1.45 bits per heavy atom. The molecule has 66 valence electrons. The molecule has 0 atom stereocenters. The lowest BCUT2D eigenvalue weighted by molar-refractivity contribution is -0.0793. The fourth-order valence-electron chi connectivity index (χ4n) is 0.371. The molecule has 0 aliphatic heterocycles. The van der Waals surface area contributed by atoms with E-state index in [0.717, 1.165) is 5.21 Å². The molecule has 0 saturated heterocycles. The second kappa shape index (κ2) is 2.71. The average Bonchev–Trinajstić information content (AvgIpc) is 1.56. The summed E-state index contributed by atoms with van der Waals surface area (Å²) >= 11 is 0. The van der Waals surface area contributed by atoms with Crippen LogP contribution in [0.5, 0.6) is 0 Å². The molecule has 0 aromatic rings. The van der Waals surface area contributed by atoms with Crippen molar-refractivity contribution in [2.45, 2.75) is 19.0 Å². The van der Waals surface area contributed by atoms with Crippen LogP contribution in [-0.2, 0) is 0 Å². The van der Waals surface area contributed by atoms with Crippen LogP contribution < -0.4 is 0 Å². The van der Waals surface area contributed by atoms with Gasteiger partial charge in [-0.1, -0.05) is 9.70 Å².